The Morgan fingerprint density at radius 3 is 2.36 bits per heavy atom. The Hall–Kier alpha value is -3.63. The van der Waals surface area contributed by atoms with Gasteiger partial charge in [-0.1, -0.05) is 55.1 Å². The number of amides is 2. The van der Waals surface area contributed by atoms with Crippen LogP contribution in [0, 0.1) is 5.82 Å². The fraction of sp³-hybridized carbons (Fsp3) is 0.355. The van der Waals surface area contributed by atoms with Crippen LogP contribution in [0.1, 0.15) is 44.6 Å². The molecule has 0 unspecified atom stereocenters. The zero-order valence-corrected chi connectivity index (χ0v) is 25.2. The van der Waals surface area contributed by atoms with Crippen molar-refractivity contribution < 1.29 is 27.1 Å². The number of hydrogen-bond donors (Lipinski definition) is 1. The van der Waals surface area contributed by atoms with E-state index in [0.717, 1.165) is 36.4 Å². The Kier molecular flexibility index (Phi) is 10.5. The van der Waals surface area contributed by atoms with Crippen LogP contribution in [-0.4, -0.2) is 50.9 Å². The maximum absolute atomic E-state index is 14.7. The number of sulfonamides is 1. The van der Waals surface area contributed by atoms with Gasteiger partial charge in [0.2, 0.25) is 11.8 Å². The largest absolute Gasteiger partial charge is 0.497 e. The summed E-state index contributed by atoms with van der Waals surface area (Å²) in [6.07, 6.45) is 4.83. The van der Waals surface area contributed by atoms with Gasteiger partial charge in [-0.2, -0.15) is 0 Å². The van der Waals surface area contributed by atoms with Crippen molar-refractivity contribution in [3.8, 4) is 5.75 Å². The molecule has 0 aromatic heterocycles. The second kappa shape index (κ2) is 14.0. The zero-order valence-electron chi connectivity index (χ0n) is 23.6. The number of benzene rings is 3. The molecule has 2 amide bonds. The molecule has 0 radical (unpaired) electrons. The van der Waals surface area contributed by atoms with Gasteiger partial charge in [0, 0.05) is 23.2 Å². The fourth-order valence-electron chi connectivity index (χ4n) is 5.00. The van der Waals surface area contributed by atoms with Gasteiger partial charge in [-0.15, -0.1) is 0 Å². The Morgan fingerprint density at radius 2 is 1.71 bits per heavy atom. The molecule has 1 saturated carbocycles. The minimum Gasteiger partial charge on any atom is -0.497 e. The molecule has 4 rings (SSSR count). The number of ether oxygens (including phenoxy) is 1. The number of carbonyl (C=O) groups excluding carboxylic acids is 2. The average molecular weight is 616 g/mol. The highest BCUT2D eigenvalue weighted by atomic mass is 35.5. The van der Waals surface area contributed by atoms with Crippen LogP contribution in [0.3, 0.4) is 0 Å². The molecule has 11 heteroatoms. The van der Waals surface area contributed by atoms with Gasteiger partial charge < -0.3 is 15.0 Å². The number of nitrogens with zero attached hydrogens (tertiary/aromatic N) is 2. The predicted octanol–water partition coefficient (Wildman–Crippen LogP) is 5.55. The van der Waals surface area contributed by atoms with E-state index < -0.39 is 34.3 Å². The summed E-state index contributed by atoms with van der Waals surface area (Å²) in [5, 5.41) is 3.30. The summed E-state index contributed by atoms with van der Waals surface area (Å²) in [4.78, 5) is 28.5. The van der Waals surface area contributed by atoms with Crippen molar-refractivity contribution in [2.75, 3.05) is 18.0 Å². The molecular formula is C31H35ClFN3O5S. The zero-order chi connectivity index (χ0) is 30.3. The van der Waals surface area contributed by atoms with Crippen LogP contribution in [-0.2, 0) is 26.2 Å². The predicted molar refractivity (Wildman–Crippen MR) is 160 cm³/mol. The van der Waals surface area contributed by atoms with Crippen molar-refractivity contribution in [3.05, 3.63) is 89.2 Å². The Labute approximate surface area is 251 Å². The summed E-state index contributed by atoms with van der Waals surface area (Å²) in [5.41, 5.74) is 0.368. The fourth-order valence-corrected chi connectivity index (χ4v) is 6.59. The quantitative estimate of drug-likeness (QED) is 0.305. The van der Waals surface area contributed by atoms with Crippen molar-refractivity contribution in [2.24, 2.45) is 0 Å². The number of nitrogens with one attached hydrogen (secondary N) is 1. The van der Waals surface area contributed by atoms with Gasteiger partial charge in [0.15, 0.2) is 0 Å². The molecule has 0 saturated heterocycles. The number of rotatable bonds is 11. The van der Waals surface area contributed by atoms with Crippen molar-refractivity contribution >= 4 is 39.1 Å². The normalized spacial score (nSPS) is 14.6. The molecule has 1 aliphatic rings. The number of methoxy groups -OCH3 is 1. The highest BCUT2D eigenvalue weighted by molar-refractivity contribution is 7.92. The van der Waals surface area contributed by atoms with Crippen LogP contribution < -0.4 is 14.4 Å². The lowest BCUT2D eigenvalue weighted by Gasteiger charge is -2.33. The summed E-state index contributed by atoms with van der Waals surface area (Å²) in [6.45, 7) is 0.694. The maximum Gasteiger partial charge on any atom is 0.264 e. The third kappa shape index (κ3) is 7.60. The Balaban J connectivity index is 1.68. The molecule has 42 heavy (non-hydrogen) atoms. The molecule has 3 aromatic rings. The molecule has 0 bridgehead atoms. The van der Waals surface area contributed by atoms with Gasteiger partial charge in [0.05, 0.1) is 17.7 Å². The molecule has 1 atom stereocenters. The summed E-state index contributed by atoms with van der Waals surface area (Å²) < 4.78 is 48.7. The molecular weight excluding hydrogens is 581 g/mol. The van der Waals surface area contributed by atoms with E-state index in [1.165, 1.54) is 66.6 Å². The summed E-state index contributed by atoms with van der Waals surface area (Å²) >= 11 is 6.21. The van der Waals surface area contributed by atoms with Crippen LogP contribution >= 0.6 is 11.6 Å². The van der Waals surface area contributed by atoms with E-state index in [9.17, 15) is 22.4 Å². The van der Waals surface area contributed by atoms with E-state index in [2.05, 4.69) is 5.32 Å². The van der Waals surface area contributed by atoms with Crippen molar-refractivity contribution in [3.63, 3.8) is 0 Å². The molecule has 1 N–H and O–H groups in total. The third-order valence-electron chi connectivity index (χ3n) is 7.44. The first-order valence-corrected chi connectivity index (χ1v) is 15.7. The van der Waals surface area contributed by atoms with E-state index in [1.54, 1.807) is 25.1 Å². The minimum atomic E-state index is -4.28. The van der Waals surface area contributed by atoms with Gasteiger partial charge in [0.25, 0.3) is 10.0 Å². The highest BCUT2D eigenvalue weighted by Crippen LogP contribution is 2.28. The third-order valence-corrected chi connectivity index (χ3v) is 9.46. The van der Waals surface area contributed by atoms with Gasteiger partial charge in [-0.25, -0.2) is 12.8 Å². The SMILES string of the molecule is COc1ccc(S(=O)(=O)N(CC(=O)N(Cc2ccccc2F)[C@@H](C)C(=O)NC2CCCCC2)c2cccc(Cl)c2)cc1. The second-order valence-corrected chi connectivity index (χ2v) is 12.6. The topological polar surface area (TPSA) is 96.0 Å². The lowest BCUT2D eigenvalue weighted by atomic mass is 9.95. The molecule has 1 aliphatic carbocycles. The van der Waals surface area contributed by atoms with E-state index in [-0.39, 0.29) is 39.7 Å². The second-order valence-electron chi connectivity index (χ2n) is 10.3. The molecule has 0 aliphatic heterocycles. The van der Waals surface area contributed by atoms with Crippen molar-refractivity contribution in [1.29, 1.82) is 0 Å². The smallest absolute Gasteiger partial charge is 0.264 e. The van der Waals surface area contributed by atoms with E-state index in [1.807, 2.05) is 0 Å². The van der Waals surface area contributed by atoms with Gasteiger partial charge in [-0.3, -0.25) is 13.9 Å². The van der Waals surface area contributed by atoms with Crippen LogP contribution in [0.2, 0.25) is 5.02 Å². The number of anilines is 1. The Morgan fingerprint density at radius 1 is 1.02 bits per heavy atom. The van der Waals surface area contributed by atoms with E-state index in [0.29, 0.717) is 5.75 Å². The first kappa shape index (κ1) is 31.3. The minimum absolute atomic E-state index is 0.00229. The molecule has 1 fully saturated rings. The monoisotopic (exact) mass is 615 g/mol. The van der Waals surface area contributed by atoms with Gasteiger partial charge >= 0.3 is 0 Å². The van der Waals surface area contributed by atoms with E-state index >= 15 is 0 Å². The lowest BCUT2D eigenvalue weighted by Crippen LogP contribution is -2.53. The average Bonchev–Trinajstić information content (AvgIpc) is 2.99. The number of hydrogen-bond acceptors (Lipinski definition) is 5. The molecule has 3 aromatic carbocycles. The number of carbonyl (C=O) groups is 2. The standard InChI is InChI=1S/C31H35ClFN3O5S/c1-22(31(38)34-25-11-4-3-5-12-25)35(20-23-9-6-7-14-29(23)33)30(37)21-36(26-13-8-10-24(32)19-26)42(39,40)28-17-15-27(41-2)16-18-28/h6-10,13-19,22,25H,3-5,11-12,20-21H2,1-2H3,(H,34,38)/t22-/m0/s1. The summed E-state index contributed by atoms with van der Waals surface area (Å²) in [6, 6.07) is 16.9. The molecule has 0 heterocycles. The highest BCUT2D eigenvalue weighted by Gasteiger charge is 2.33. The van der Waals surface area contributed by atoms with Crippen LogP contribution in [0.15, 0.2) is 77.7 Å². The summed E-state index contributed by atoms with van der Waals surface area (Å²) in [7, 11) is -2.81. The molecule has 8 nitrogen and oxygen atoms in total. The lowest BCUT2D eigenvalue weighted by molar-refractivity contribution is -0.139. The number of halogens is 2. The Bertz CT molecular complexity index is 1500. The van der Waals surface area contributed by atoms with Crippen molar-refractivity contribution in [2.45, 2.75) is 62.6 Å². The molecule has 224 valence electrons. The van der Waals surface area contributed by atoms with Crippen LogP contribution in [0.5, 0.6) is 5.75 Å². The van der Waals surface area contributed by atoms with Crippen LogP contribution in [0.4, 0.5) is 10.1 Å². The maximum atomic E-state index is 14.7. The first-order chi connectivity index (χ1) is 20.1. The van der Waals surface area contributed by atoms with Gasteiger partial charge in [-0.05, 0) is 68.3 Å². The summed E-state index contributed by atoms with van der Waals surface area (Å²) in [5.74, 6) is -1.12. The van der Waals surface area contributed by atoms with Gasteiger partial charge in [0.1, 0.15) is 24.2 Å². The molecule has 0 spiro atoms. The van der Waals surface area contributed by atoms with E-state index in [4.69, 9.17) is 16.3 Å². The first-order valence-electron chi connectivity index (χ1n) is 13.9. The van der Waals surface area contributed by atoms with Crippen LogP contribution in [0.25, 0.3) is 0 Å². The van der Waals surface area contributed by atoms with Crippen molar-refractivity contribution in [1.82, 2.24) is 10.2 Å².